The maximum Gasteiger partial charge on any atom is 0.317 e. The van der Waals surface area contributed by atoms with Gasteiger partial charge in [0, 0.05) is 52.9 Å². The van der Waals surface area contributed by atoms with E-state index in [1.165, 1.54) is 5.56 Å². The molecule has 1 aromatic rings. The van der Waals surface area contributed by atoms with Crippen molar-refractivity contribution in [2.75, 3.05) is 53.0 Å². The number of benzene rings is 1. The quantitative estimate of drug-likeness (QED) is 0.801. The minimum atomic E-state index is -0.0487. The highest BCUT2D eigenvalue weighted by atomic mass is 16.5. The molecule has 1 atom stereocenters. The number of ether oxygens (including phenoxy) is 1. The van der Waals surface area contributed by atoms with Gasteiger partial charge in [-0.15, -0.1) is 0 Å². The summed E-state index contributed by atoms with van der Waals surface area (Å²) in [5, 5.41) is 3.02. The van der Waals surface area contributed by atoms with Crippen molar-refractivity contribution in [1.82, 2.24) is 20.0 Å². The molecule has 2 aliphatic heterocycles. The minimum Gasteiger partial charge on any atom is -0.383 e. The zero-order valence-corrected chi connectivity index (χ0v) is 17.0. The molecule has 7 nitrogen and oxygen atoms in total. The number of aryl methyl sites for hydroxylation is 1. The number of carbonyl (C=O) groups excluding carboxylic acids is 2. The SMILES string of the molecule is COCCN1CCC(N2CCCN(C(=O)NCc3ccc(C)cc3)CC2)C1=O. The van der Waals surface area contributed by atoms with Gasteiger partial charge in [-0.2, -0.15) is 0 Å². The molecule has 0 aliphatic carbocycles. The van der Waals surface area contributed by atoms with E-state index in [2.05, 4.69) is 29.3 Å². The standard InChI is InChI=1S/C21H32N4O3/c1-17-4-6-18(7-5-17)16-22-21(27)25-10-3-9-23(12-13-25)19-8-11-24(20(19)26)14-15-28-2/h4-7,19H,3,8-16H2,1-2H3,(H,22,27). The molecule has 3 rings (SSSR count). The molecule has 2 heterocycles. The molecule has 2 aliphatic rings. The van der Waals surface area contributed by atoms with Crippen molar-refractivity contribution in [2.24, 2.45) is 0 Å². The Labute approximate surface area is 167 Å². The summed E-state index contributed by atoms with van der Waals surface area (Å²) < 4.78 is 5.10. The first-order valence-corrected chi connectivity index (χ1v) is 10.2. The smallest absolute Gasteiger partial charge is 0.317 e. The van der Waals surface area contributed by atoms with Crippen molar-refractivity contribution in [3.05, 3.63) is 35.4 Å². The topological polar surface area (TPSA) is 65.1 Å². The van der Waals surface area contributed by atoms with E-state index in [9.17, 15) is 9.59 Å². The van der Waals surface area contributed by atoms with Crippen molar-refractivity contribution in [3.8, 4) is 0 Å². The molecule has 0 aromatic heterocycles. The van der Waals surface area contributed by atoms with Crippen LogP contribution in [0.1, 0.15) is 24.0 Å². The van der Waals surface area contributed by atoms with E-state index in [1.54, 1.807) is 7.11 Å². The largest absolute Gasteiger partial charge is 0.383 e. The van der Waals surface area contributed by atoms with Gasteiger partial charge in [0.15, 0.2) is 0 Å². The molecule has 1 N–H and O–H groups in total. The van der Waals surface area contributed by atoms with E-state index in [-0.39, 0.29) is 18.0 Å². The Kier molecular flexibility index (Phi) is 7.28. The Morgan fingerprint density at radius 1 is 1.14 bits per heavy atom. The predicted molar refractivity (Wildman–Crippen MR) is 108 cm³/mol. The van der Waals surface area contributed by atoms with Crippen molar-refractivity contribution >= 4 is 11.9 Å². The van der Waals surface area contributed by atoms with Gasteiger partial charge in [-0.3, -0.25) is 9.69 Å². The van der Waals surface area contributed by atoms with Crippen LogP contribution >= 0.6 is 0 Å². The number of amides is 3. The van der Waals surface area contributed by atoms with Crippen molar-refractivity contribution in [1.29, 1.82) is 0 Å². The van der Waals surface area contributed by atoms with Crippen LogP contribution < -0.4 is 5.32 Å². The van der Waals surface area contributed by atoms with Crippen LogP contribution in [-0.4, -0.2) is 85.7 Å². The van der Waals surface area contributed by atoms with E-state index in [1.807, 2.05) is 21.9 Å². The van der Waals surface area contributed by atoms with E-state index in [0.717, 1.165) is 44.6 Å². The monoisotopic (exact) mass is 388 g/mol. The zero-order valence-electron chi connectivity index (χ0n) is 17.0. The molecule has 1 aromatic carbocycles. The minimum absolute atomic E-state index is 0.0260. The third-order valence-electron chi connectivity index (χ3n) is 5.66. The third kappa shape index (κ3) is 5.23. The Bertz CT molecular complexity index is 664. The van der Waals surface area contributed by atoms with Crippen LogP contribution in [0.15, 0.2) is 24.3 Å². The normalized spacial score (nSPS) is 21.1. The molecule has 2 saturated heterocycles. The van der Waals surface area contributed by atoms with Crippen LogP contribution in [-0.2, 0) is 16.1 Å². The lowest BCUT2D eigenvalue weighted by atomic mass is 10.1. The van der Waals surface area contributed by atoms with Gasteiger partial charge in [-0.1, -0.05) is 29.8 Å². The lowest BCUT2D eigenvalue weighted by molar-refractivity contribution is -0.132. The molecule has 0 bridgehead atoms. The van der Waals surface area contributed by atoms with Gasteiger partial charge in [0.1, 0.15) is 0 Å². The molecule has 0 radical (unpaired) electrons. The molecule has 1 unspecified atom stereocenters. The lowest BCUT2D eigenvalue weighted by Crippen LogP contribution is -2.45. The summed E-state index contributed by atoms with van der Waals surface area (Å²) in [7, 11) is 1.66. The van der Waals surface area contributed by atoms with Crippen LogP contribution in [0.5, 0.6) is 0 Å². The maximum atomic E-state index is 12.7. The second-order valence-electron chi connectivity index (χ2n) is 7.64. The van der Waals surface area contributed by atoms with Crippen molar-refractivity contribution in [3.63, 3.8) is 0 Å². The molecule has 7 heteroatoms. The lowest BCUT2D eigenvalue weighted by Gasteiger charge is -2.26. The first kappa shape index (κ1) is 20.6. The number of urea groups is 1. The van der Waals surface area contributed by atoms with Gasteiger partial charge in [0.05, 0.1) is 12.6 Å². The fourth-order valence-corrected chi connectivity index (χ4v) is 3.93. The highest BCUT2D eigenvalue weighted by molar-refractivity contribution is 5.84. The summed E-state index contributed by atoms with van der Waals surface area (Å²) in [6.45, 7) is 7.60. The summed E-state index contributed by atoms with van der Waals surface area (Å²) in [4.78, 5) is 31.2. The van der Waals surface area contributed by atoms with Gasteiger partial charge < -0.3 is 19.9 Å². The number of hydrogen-bond donors (Lipinski definition) is 1. The summed E-state index contributed by atoms with van der Waals surface area (Å²) in [5.74, 6) is 0.203. The number of carbonyl (C=O) groups is 2. The molecule has 0 saturated carbocycles. The van der Waals surface area contributed by atoms with E-state index >= 15 is 0 Å². The van der Waals surface area contributed by atoms with Gasteiger partial charge in [0.2, 0.25) is 5.91 Å². The second kappa shape index (κ2) is 9.89. The van der Waals surface area contributed by atoms with Crippen LogP contribution in [0.2, 0.25) is 0 Å². The maximum absolute atomic E-state index is 12.7. The van der Waals surface area contributed by atoms with E-state index in [0.29, 0.717) is 26.2 Å². The first-order chi connectivity index (χ1) is 13.6. The van der Waals surface area contributed by atoms with Crippen LogP contribution in [0.4, 0.5) is 4.79 Å². The van der Waals surface area contributed by atoms with E-state index in [4.69, 9.17) is 4.74 Å². The number of hydrogen-bond acceptors (Lipinski definition) is 4. The highest BCUT2D eigenvalue weighted by Crippen LogP contribution is 2.19. The summed E-state index contributed by atoms with van der Waals surface area (Å²) in [6.07, 6.45) is 1.75. The molecule has 154 valence electrons. The molecule has 0 spiro atoms. The second-order valence-corrected chi connectivity index (χ2v) is 7.64. The first-order valence-electron chi connectivity index (χ1n) is 10.2. The number of methoxy groups -OCH3 is 1. The highest BCUT2D eigenvalue weighted by Gasteiger charge is 2.36. The fraction of sp³-hybridized carbons (Fsp3) is 0.619. The zero-order chi connectivity index (χ0) is 19.9. The summed E-state index contributed by atoms with van der Waals surface area (Å²) in [5.41, 5.74) is 2.31. The molecule has 28 heavy (non-hydrogen) atoms. The van der Waals surface area contributed by atoms with Gasteiger partial charge in [0.25, 0.3) is 0 Å². The fourth-order valence-electron chi connectivity index (χ4n) is 3.93. The van der Waals surface area contributed by atoms with Crippen LogP contribution in [0, 0.1) is 6.92 Å². The Morgan fingerprint density at radius 3 is 2.68 bits per heavy atom. The van der Waals surface area contributed by atoms with Gasteiger partial charge in [-0.25, -0.2) is 4.79 Å². The van der Waals surface area contributed by atoms with Crippen LogP contribution in [0.25, 0.3) is 0 Å². The molecular formula is C21H32N4O3. The molecule has 3 amide bonds. The van der Waals surface area contributed by atoms with Crippen molar-refractivity contribution in [2.45, 2.75) is 32.4 Å². The summed E-state index contributed by atoms with van der Waals surface area (Å²) >= 11 is 0. The Balaban J connectivity index is 1.47. The molecular weight excluding hydrogens is 356 g/mol. The van der Waals surface area contributed by atoms with Gasteiger partial charge in [-0.05, 0) is 25.3 Å². The number of rotatable bonds is 6. The number of likely N-dealkylation sites (tertiary alicyclic amines) is 1. The van der Waals surface area contributed by atoms with Crippen molar-refractivity contribution < 1.29 is 14.3 Å². The average molecular weight is 389 g/mol. The third-order valence-corrected chi connectivity index (χ3v) is 5.66. The van der Waals surface area contributed by atoms with E-state index < -0.39 is 0 Å². The predicted octanol–water partition coefficient (Wildman–Crippen LogP) is 1.46. The van der Waals surface area contributed by atoms with Gasteiger partial charge >= 0.3 is 6.03 Å². The Hall–Kier alpha value is -2.12. The number of nitrogens with zero attached hydrogens (tertiary/aromatic N) is 3. The summed E-state index contributed by atoms with van der Waals surface area (Å²) in [6, 6.07) is 8.12. The average Bonchev–Trinajstić information content (AvgIpc) is 2.91. The molecule has 2 fully saturated rings. The Morgan fingerprint density at radius 2 is 1.93 bits per heavy atom. The van der Waals surface area contributed by atoms with Crippen LogP contribution in [0.3, 0.4) is 0 Å². The number of nitrogens with one attached hydrogen (secondary N) is 1.